The van der Waals surface area contributed by atoms with Crippen LogP contribution >= 0.6 is 0 Å². The fourth-order valence-corrected chi connectivity index (χ4v) is 5.51. The maximum atomic E-state index is 13.0. The molecule has 0 heterocycles. The van der Waals surface area contributed by atoms with Gasteiger partial charge in [-0.3, -0.25) is 9.59 Å². The molecule has 1 unspecified atom stereocenters. The topological polar surface area (TPSA) is 105 Å². The number of nitrogens with one attached hydrogen (secondary N) is 2. The van der Waals surface area contributed by atoms with Gasteiger partial charge in [0.15, 0.2) is 0 Å². The molecule has 2 aromatic carbocycles. The van der Waals surface area contributed by atoms with Crippen LogP contribution in [0.5, 0.6) is 0 Å². The van der Waals surface area contributed by atoms with Crippen LogP contribution in [0.3, 0.4) is 0 Å². The number of aliphatic carboxylic acids is 1. The summed E-state index contributed by atoms with van der Waals surface area (Å²) in [7, 11) is 0. The lowest BCUT2D eigenvalue weighted by Crippen LogP contribution is -2.51. The summed E-state index contributed by atoms with van der Waals surface area (Å²) < 4.78 is 5.64. The van der Waals surface area contributed by atoms with Crippen LogP contribution in [0.25, 0.3) is 11.1 Å². The predicted octanol–water partition coefficient (Wildman–Crippen LogP) is 4.46. The van der Waals surface area contributed by atoms with Crippen LogP contribution in [0, 0.1) is 11.3 Å². The van der Waals surface area contributed by atoms with Gasteiger partial charge in [0.25, 0.3) is 0 Å². The first-order valence-electron chi connectivity index (χ1n) is 12.6. The lowest BCUT2D eigenvalue weighted by atomic mass is 9.66. The molecule has 2 amide bonds. The van der Waals surface area contributed by atoms with E-state index in [1.807, 2.05) is 24.3 Å². The third-order valence-corrected chi connectivity index (χ3v) is 7.80. The first kappa shape index (κ1) is 23.4. The van der Waals surface area contributed by atoms with Crippen molar-refractivity contribution in [1.82, 2.24) is 10.6 Å². The van der Waals surface area contributed by atoms with Gasteiger partial charge in [0, 0.05) is 12.5 Å². The number of fused-ring (bicyclic) bond motifs is 3. The highest BCUT2D eigenvalue weighted by atomic mass is 16.5. The normalized spacial score (nSPS) is 18.5. The standard InChI is InChI=1S/C28H32N2O5/c31-25(32)15-28(12-5-13-28)17-29-26(33)24(14-18-10-11-18)30-27(34)35-16-23-21-8-3-1-6-19(21)20-7-2-4-9-22(20)23/h1-4,6-9,18,23-24H,5,10-17H2,(H,29,33)(H,30,34)(H,31,32). The van der Waals surface area contributed by atoms with Crippen molar-refractivity contribution < 1.29 is 24.2 Å². The monoisotopic (exact) mass is 476 g/mol. The Labute approximate surface area is 205 Å². The van der Waals surface area contributed by atoms with Crippen molar-refractivity contribution in [2.45, 2.75) is 56.9 Å². The summed E-state index contributed by atoms with van der Waals surface area (Å²) in [6.45, 7) is 0.519. The molecule has 0 aliphatic heterocycles. The van der Waals surface area contributed by atoms with Crippen LogP contribution in [0.2, 0.25) is 0 Å². The van der Waals surface area contributed by atoms with Gasteiger partial charge in [0.2, 0.25) is 5.91 Å². The molecule has 2 saturated carbocycles. The molecule has 35 heavy (non-hydrogen) atoms. The second-order valence-electron chi connectivity index (χ2n) is 10.3. The zero-order chi connectivity index (χ0) is 24.4. The third kappa shape index (κ3) is 5.19. The summed E-state index contributed by atoms with van der Waals surface area (Å²) in [6.07, 6.45) is 4.71. The molecular weight excluding hydrogens is 444 g/mol. The Morgan fingerprint density at radius 1 is 1.00 bits per heavy atom. The van der Waals surface area contributed by atoms with Crippen molar-refractivity contribution in [2.75, 3.05) is 13.2 Å². The average Bonchev–Trinajstić information content (AvgIpc) is 3.59. The second-order valence-corrected chi connectivity index (χ2v) is 10.3. The first-order valence-corrected chi connectivity index (χ1v) is 12.6. The number of ether oxygens (including phenoxy) is 1. The van der Waals surface area contributed by atoms with Crippen molar-refractivity contribution in [3.05, 3.63) is 59.7 Å². The average molecular weight is 477 g/mol. The Morgan fingerprint density at radius 2 is 1.63 bits per heavy atom. The SMILES string of the molecule is O=C(O)CC1(CNC(=O)C(CC2CC2)NC(=O)OCC2c3ccccc3-c3ccccc32)CCC1. The number of hydrogen-bond acceptors (Lipinski definition) is 4. The summed E-state index contributed by atoms with van der Waals surface area (Å²) in [5, 5.41) is 14.9. The van der Waals surface area contributed by atoms with Crippen molar-refractivity contribution in [2.24, 2.45) is 11.3 Å². The quantitative estimate of drug-likeness (QED) is 0.470. The van der Waals surface area contributed by atoms with Crippen molar-refractivity contribution in [1.29, 1.82) is 0 Å². The molecule has 5 rings (SSSR count). The lowest BCUT2D eigenvalue weighted by Gasteiger charge is -2.41. The van der Waals surface area contributed by atoms with Gasteiger partial charge in [0.1, 0.15) is 12.6 Å². The molecule has 1 atom stereocenters. The smallest absolute Gasteiger partial charge is 0.407 e. The maximum Gasteiger partial charge on any atom is 0.407 e. The molecule has 0 aromatic heterocycles. The Morgan fingerprint density at radius 3 is 2.17 bits per heavy atom. The Bertz CT molecular complexity index is 1080. The van der Waals surface area contributed by atoms with Gasteiger partial charge >= 0.3 is 12.1 Å². The summed E-state index contributed by atoms with van der Waals surface area (Å²) in [6, 6.07) is 15.6. The van der Waals surface area contributed by atoms with Crippen LogP contribution in [0.1, 0.15) is 62.0 Å². The number of benzene rings is 2. The van der Waals surface area contributed by atoms with Gasteiger partial charge in [-0.25, -0.2) is 4.79 Å². The number of alkyl carbamates (subject to hydrolysis) is 1. The van der Waals surface area contributed by atoms with E-state index in [0.29, 0.717) is 18.9 Å². The van der Waals surface area contributed by atoms with Gasteiger partial charge in [-0.05, 0) is 52.8 Å². The van der Waals surface area contributed by atoms with E-state index in [0.717, 1.165) is 54.4 Å². The molecule has 3 aliphatic rings. The van der Waals surface area contributed by atoms with Crippen LogP contribution in [-0.2, 0) is 14.3 Å². The minimum Gasteiger partial charge on any atom is -0.481 e. The fourth-order valence-electron chi connectivity index (χ4n) is 5.51. The van der Waals surface area contributed by atoms with Crippen molar-refractivity contribution in [3.8, 4) is 11.1 Å². The van der Waals surface area contributed by atoms with Crippen LogP contribution < -0.4 is 10.6 Å². The van der Waals surface area contributed by atoms with Gasteiger partial charge < -0.3 is 20.5 Å². The van der Waals surface area contributed by atoms with E-state index in [-0.39, 0.29) is 30.3 Å². The van der Waals surface area contributed by atoms with Gasteiger partial charge in [-0.1, -0.05) is 67.8 Å². The third-order valence-electron chi connectivity index (χ3n) is 7.80. The summed E-state index contributed by atoms with van der Waals surface area (Å²) in [4.78, 5) is 37.0. The molecule has 0 saturated heterocycles. The number of carboxylic acids is 1. The minimum absolute atomic E-state index is 0.0432. The molecule has 2 aromatic rings. The summed E-state index contributed by atoms with van der Waals surface area (Å²) in [5.41, 5.74) is 4.23. The number of carbonyl (C=O) groups excluding carboxylic acids is 2. The number of carbonyl (C=O) groups is 3. The molecular formula is C28H32N2O5. The van der Waals surface area contributed by atoms with E-state index < -0.39 is 18.1 Å². The number of rotatable bonds is 10. The second kappa shape index (κ2) is 9.72. The van der Waals surface area contributed by atoms with Crippen molar-refractivity contribution >= 4 is 18.0 Å². The van der Waals surface area contributed by atoms with Crippen LogP contribution in [-0.4, -0.2) is 42.3 Å². The maximum absolute atomic E-state index is 13.0. The predicted molar refractivity (Wildman–Crippen MR) is 131 cm³/mol. The van der Waals surface area contributed by atoms with E-state index >= 15 is 0 Å². The molecule has 0 bridgehead atoms. The van der Waals surface area contributed by atoms with Gasteiger partial charge in [0.05, 0.1) is 6.42 Å². The lowest BCUT2D eigenvalue weighted by molar-refractivity contribution is -0.142. The minimum atomic E-state index is -0.842. The van der Waals surface area contributed by atoms with Gasteiger partial charge in [-0.2, -0.15) is 0 Å². The van der Waals surface area contributed by atoms with E-state index in [2.05, 4.69) is 34.9 Å². The molecule has 184 valence electrons. The number of hydrogen-bond donors (Lipinski definition) is 3. The van der Waals surface area contributed by atoms with E-state index in [9.17, 15) is 19.5 Å². The largest absolute Gasteiger partial charge is 0.481 e. The van der Waals surface area contributed by atoms with E-state index in [1.165, 1.54) is 0 Å². The van der Waals surface area contributed by atoms with E-state index in [1.54, 1.807) is 0 Å². The van der Waals surface area contributed by atoms with Crippen molar-refractivity contribution in [3.63, 3.8) is 0 Å². The van der Waals surface area contributed by atoms with Crippen LogP contribution in [0.4, 0.5) is 4.79 Å². The highest BCUT2D eigenvalue weighted by Crippen LogP contribution is 2.45. The molecule has 3 aliphatic carbocycles. The van der Waals surface area contributed by atoms with E-state index in [4.69, 9.17) is 4.74 Å². The van der Waals surface area contributed by atoms with Crippen LogP contribution in [0.15, 0.2) is 48.5 Å². The number of amides is 2. The Balaban J connectivity index is 1.19. The highest BCUT2D eigenvalue weighted by Gasteiger charge is 2.40. The zero-order valence-corrected chi connectivity index (χ0v) is 19.8. The number of carboxylic acid groups (broad SMARTS) is 1. The fraction of sp³-hybridized carbons (Fsp3) is 0.464. The summed E-state index contributed by atoms with van der Waals surface area (Å²) >= 11 is 0. The molecule has 2 fully saturated rings. The Hall–Kier alpha value is -3.35. The molecule has 7 nitrogen and oxygen atoms in total. The molecule has 0 radical (unpaired) electrons. The molecule has 0 spiro atoms. The molecule has 7 heteroatoms. The first-order chi connectivity index (χ1) is 16.9. The van der Waals surface area contributed by atoms with Gasteiger partial charge in [-0.15, -0.1) is 0 Å². The molecule has 3 N–H and O–H groups in total. The zero-order valence-electron chi connectivity index (χ0n) is 19.8. The Kier molecular flexibility index (Phi) is 6.50. The summed E-state index contributed by atoms with van der Waals surface area (Å²) in [5.74, 6) is -0.720. The highest BCUT2D eigenvalue weighted by molar-refractivity contribution is 5.86.